The van der Waals surface area contributed by atoms with Gasteiger partial charge in [0.2, 0.25) is 0 Å². The molecule has 0 spiro atoms. The lowest BCUT2D eigenvalue weighted by molar-refractivity contribution is 0.508. The normalized spacial score (nSPS) is 15.1. The van der Waals surface area contributed by atoms with E-state index in [2.05, 4.69) is 35.8 Å². The molecule has 0 heterocycles. The smallest absolute Gasteiger partial charge is 0.0438 e. The number of benzene rings is 1. The fourth-order valence-corrected chi connectivity index (χ4v) is 2.35. The first kappa shape index (κ1) is 12.1. The zero-order chi connectivity index (χ0) is 10.6. The predicted octanol–water partition coefficient (Wildman–Crippen LogP) is 4.69. The van der Waals surface area contributed by atoms with E-state index in [-0.39, 0.29) is 0 Å². The molecule has 1 aromatic rings. The van der Waals surface area contributed by atoms with Gasteiger partial charge in [-0.25, -0.2) is 0 Å². The molecule has 2 atom stereocenters. The Morgan fingerprint density at radius 3 is 2.50 bits per heavy atom. The van der Waals surface area contributed by atoms with Crippen molar-refractivity contribution in [2.24, 2.45) is 5.92 Å². The average Bonchev–Trinajstić information content (AvgIpc) is 2.16. The molecule has 1 aromatic carbocycles. The van der Waals surface area contributed by atoms with E-state index >= 15 is 0 Å². The van der Waals surface area contributed by atoms with E-state index < -0.39 is 0 Å². The number of halogens is 2. The molecule has 0 N–H and O–H groups in total. The third-order valence-corrected chi connectivity index (χ3v) is 3.73. The van der Waals surface area contributed by atoms with Crippen LogP contribution in [-0.2, 0) is 6.42 Å². The Labute approximate surface area is 99.8 Å². The van der Waals surface area contributed by atoms with Crippen molar-refractivity contribution in [3.8, 4) is 0 Å². The summed E-state index contributed by atoms with van der Waals surface area (Å²) in [4.78, 5) is 0.545. The van der Waals surface area contributed by atoms with E-state index in [1.165, 1.54) is 12.0 Å². The van der Waals surface area contributed by atoms with Crippen LogP contribution in [0, 0.1) is 5.92 Å². The highest BCUT2D eigenvalue weighted by Crippen LogP contribution is 2.25. The summed E-state index contributed by atoms with van der Waals surface area (Å²) < 4.78 is 0. The molecule has 0 aliphatic heterocycles. The first-order valence-electron chi connectivity index (χ1n) is 5.02. The summed E-state index contributed by atoms with van der Waals surface area (Å²) in [5.41, 5.74) is 1.26. The molecule has 0 bridgehead atoms. The van der Waals surface area contributed by atoms with Gasteiger partial charge in [-0.3, -0.25) is 0 Å². The number of alkyl halides is 1. The van der Waals surface area contributed by atoms with Gasteiger partial charge in [0, 0.05) is 9.85 Å². The van der Waals surface area contributed by atoms with Gasteiger partial charge in [0.05, 0.1) is 0 Å². The van der Waals surface area contributed by atoms with Crippen LogP contribution in [0.15, 0.2) is 24.3 Å². The summed E-state index contributed by atoms with van der Waals surface area (Å²) in [5.74, 6) is 0.662. The average molecular weight is 276 g/mol. The second-order valence-corrected chi connectivity index (χ2v) is 5.49. The first-order chi connectivity index (χ1) is 6.65. The van der Waals surface area contributed by atoms with Crippen molar-refractivity contribution in [1.29, 1.82) is 0 Å². The predicted molar refractivity (Wildman–Crippen MR) is 67.3 cm³/mol. The molecule has 2 heteroatoms. The summed E-state index contributed by atoms with van der Waals surface area (Å²) >= 11 is 9.75. The van der Waals surface area contributed by atoms with Crippen molar-refractivity contribution in [3.05, 3.63) is 34.9 Å². The Balaban J connectivity index is 2.72. The maximum absolute atomic E-state index is 6.11. The summed E-state index contributed by atoms with van der Waals surface area (Å²) in [5, 5.41) is 0.888. The largest absolute Gasteiger partial charge is 0.0891 e. The van der Waals surface area contributed by atoms with Gasteiger partial charge in [-0.05, 0) is 24.0 Å². The molecule has 0 aromatic heterocycles. The van der Waals surface area contributed by atoms with Crippen LogP contribution >= 0.6 is 27.5 Å². The van der Waals surface area contributed by atoms with Crippen LogP contribution in [0.4, 0.5) is 0 Å². The molecule has 0 saturated heterocycles. The molecule has 0 fully saturated rings. The number of hydrogen-bond donors (Lipinski definition) is 0. The summed E-state index contributed by atoms with van der Waals surface area (Å²) in [6.07, 6.45) is 2.24. The van der Waals surface area contributed by atoms with Gasteiger partial charge in [0.1, 0.15) is 0 Å². The van der Waals surface area contributed by atoms with E-state index in [1.54, 1.807) is 0 Å². The van der Waals surface area contributed by atoms with Crippen molar-refractivity contribution >= 4 is 27.5 Å². The van der Waals surface area contributed by atoms with Gasteiger partial charge in [0.15, 0.2) is 0 Å². The third-order valence-electron chi connectivity index (χ3n) is 2.61. The Morgan fingerprint density at radius 1 is 1.36 bits per heavy atom. The van der Waals surface area contributed by atoms with Gasteiger partial charge < -0.3 is 0 Å². The summed E-state index contributed by atoms with van der Waals surface area (Å²) in [6.45, 7) is 4.42. The van der Waals surface area contributed by atoms with E-state index in [0.717, 1.165) is 11.4 Å². The van der Waals surface area contributed by atoms with E-state index in [4.69, 9.17) is 11.6 Å². The second-order valence-electron chi connectivity index (χ2n) is 3.64. The van der Waals surface area contributed by atoms with Crippen LogP contribution in [0.2, 0.25) is 5.02 Å². The van der Waals surface area contributed by atoms with Crippen molar-refractivity contribution in [1.82, 2.24) is 0 Å². The van der Waals surface area contributed by atoms with Crippen LogP contribution in [0.1, 0.15) is 25.8 Å². The second kappa shape index (κ2) is 5.77. The monoisotopic (exact) mass is 274 g/mol. The Bertz CT molecular complexity index is 283. The molecule has 78 valence electrons. The van der Waals surface area contributed by atoms with Crippen LogP contribution in [0.5, 0.6) is 0 Å². The Morgan fingerprint density at radius 2 is 2.00 bits per heavy atom. The van der Waals surface area contributed by atoms with Crippen LogP contribution in [-0.4, -0.2) is 4.83 Å². The van der Waals surface area contributed by atoms with Gasteiger partial charge in [-0.2, -0.15) is 0 Å². The minimum atomic E-state index is 0.545. The van der Waals surface area contributed by atoms with Gasteiger partial charge in [0.25, 0.3) is 0 Å². The number of rotatable bonds is 4. The van der Waals surface area contributed by atoms with Crippen molar-refractivity contribution < 1.29 is 0 Å². The molecule has 1 rings (SSSR count). The molecule has 0 amide bonds. The standard InChI is InChI=1S/C12H16BrCl/c1-3-10(9(2)13)8-11-6-4-5-7-12(11)14/h4-7,9-10H,3,8H2,1-2H3. The highest BCUT2D eigenvalue weighted by Gasteiger charge is 2.14. The lowest BCUT2D eigenvalue weighted by atomic mass is 9.94. The van der Waals surface area contributed by atoms with Crippen molar-refractivity contribution in [2.45, 2.75) is 31.5 Å². The molecule has 0 aliphatic rings. The Hall–Kier alpha value is -0.0100. The lowest BCUT2D eigenvalue weighted by Crippen LogP contribution is -2.13. The molecule has 0 nitrogen and oxygen atoms in total. The van der Waals surface area contributed by atoms with Crippen LogP contribution < -0.4 is 0 Å². The van der Waals surface area contributed by atoms with Crippen molar-refractivity contribution in [3.63, 3.8) is 0 Å². The fraction of sp³-hybridized carbons (Fsp3) is 0.500. The minimum Gasteiger partial charge on any atom is -0.0891 e. The Kier molecular flexibility index (Phi) is 4.97. The molecule has 0 radical (unpaired) electrons. The maximum Gasteiger partial charge on any atom is 0.0438 e. The number of hydrogen-bond acceptors (Lipinski definition) is 0. The lowest BCUT2D eigenvalue weighted by Gasteiger charge is -2.18. The van der Waals surface area contributed by atoms with E-state index in [1.807, 2.05) is 18.2 Å². The maximum atomic E-state index is 6.11. The van der Waals surface area contributed by atoms with E-state index in [0.29, 0.717) is 10.7 Å². The molecular formula is C12H16BrCl. The topological polar surface area (TPSA) is 0 Å². The molecule has 2 unspecified atom stereocenters. The van der Waals surface area contributed by atoms with Gasteiger partial charge >= 0.3 is 0 Å². The zero-order valence-electron chi connectivity index (χ0n) is 8.63. The van der Waals surface area contributed by atoms with E-state index in [9.17, 15) is 0 Å². The highest BCUT2D eigenvalue weighted by molar-refractivity contribution is 9.09. The first-order valence-corrected chi connectivity index (χ1v) is 6.32. The van der Waals surface area contributed by atoms with Crippen molar-refractivity contribution in [2.75, 3.05) is 0 Å². The minimum absolute atomic E-state index is 0.545. The highest BCUT2D eigenvalue weighted by atomic mass is 79.9. The molecule has 0 aliphatic carbocycles. The SMILES string of the molecule is CCC(Cc1ccccc1Cl)C(C)Br. The quantitative estimate of drug-likeness (QED) is 0.699. The van der Waals surface area contributed by atoms with Crippen LogP contribution in [0.3, 0.4) is 0 Å². The van der Waals surface area contributed by atoms with Crippen LogP contribution in [0.25, 0.3) is 0 Å². The summed E-state index contributed by atoms with van der Waals surface area (Å²) in [6, 6.07) is 8.10. The van der Waals surface area contributed by atoms with Gasteiger partial charge in [-0.15, -0.1) is 0 Å². The van der Waals surface area contributed by atoms with Gasteiger partial charge in [-0.1, -0.05) is 66.0 Å². The summed E-state index contributed by atoms with van der Waals surface area (Å²) in [7, 11) is 0. The molecule has 14 heavy (non-hydrogen) atoms. The zero-order valence-corrected chi connectivity index (χ0v) is 11.0. The molecule has 0 saturated carbocycles. The molecular weight excluding hydrogens is 259 g/mol. The fourth-order valence-electron chi connectivity index (χ4n) is 1.58. The third kappa shape index (κ3) is 3.29.